The standard InChI is InChI=1S/C22H18F6N6/c23-21(24,25)15-3-1-2-12-4-6-16(30-18(12)15)20-32-31-17-7-5-13(10-34(17)20)19(22(26,27)28)33-9-8-14(29)11-33/h1-7,10,14,19H,8-9,11,29H2/t14?,19-/m1/s1. The lowest BCUT2D eigenvalue weighted by Crippen LogP contribution is -2.38. The van der Waals surface area contributed by atoms with E-state index in [1.54, 1.807) is 0 Å². The predicted molar refractivity (Wildman–Crippen MR) is 112 cm³/mol. The number of nitrogens with two attached hydrogens (primary N) is 1. The summed E-state index contributed by atoms with van der Waals surface area (Å²) in [5, 5.41) is 8.22. The summed E-state index contributed by atoms with van der Waals surface area (Å²) in [7, 11) is 0. The average molecular weight is 480 g/mol. The monoisotopic (exact) mass is 480 g/mol. The summed E-state index contributed by atoms with van der Waals surface area (Å²) in [6, 6.07) is 7.12. The number of fused-ring (bicyclic) bond motifs is 2. The number of aromatic nitrogens is 4. The fraction of sp³-hybridized carbons (Fsp3) is 0.318. The van der Waals surface area contributed by atoms with E-state index in [4.69, 9.17) is 5.73 Å². The summed E-state index contributed by atoms with van der Waals surface area (Å²) in [5.74, 6) is 0.0368. The molecule has 1 saturated heterocycles. The van der Waals surface area contributed by atoms with Gasteiger partial charge in [0.15, 0.2) is 11.5 Å². The van der Waals surface area contributed by atoms with Crippen LogP contribution in [0, 0.1) is 0 Å². The number of halogens is 6. The maximum atomic E-state index is 14.0. The first-order valence-corrected chi connectivity index (χ1v) is 10.4. The van der Waals surface area contributed by atoms with Crippen LogP contribution in [0.15, 0.2) is 48.7 Å². The Morgan fingerprint density at radius 3 is 2.44 bits per heavy atom. The van der Waals surface area contributed by atoms with Crippen LogP contribution in [-0.4, -0.2) is 49.8 Å². The molecule has 1 aliphatic heterocycles. The lowest BCUT2D eigenvalue weighted by atomic mass is 10.1. The zero-order chi connectivity index (χ0) is 24.3. The highest BCUT2D eigenvalue weighted by atomic mass is 19.4. The maximum Gasteiger partial charge on any atom is 0.418 e. The van der Waals surface area contributed by atoms with Crippen LogP contribution in [-0.2, 0) is 6.18 Å². The molecular weight excluding hydrogens is 462 g/mol. The van der Waals surface area contributed by atoms with Gasteiger partial charge in [0.1, 0.15) is 11.7 Å². The smallest absolute Gasteiger partial charge is 0.326 e. The number of rotatable bonds is 3. The number of hydrogen-bond acceptors (Lipinski definition) is 5. The molecule has 5 rings (SSSR count). The van der Waals surface area contributed by atoms with E-state index in [0.717, 1.165) is 6.07 Å². The van der Waals surface area contributed by atoms with Crippen LogP contribution in [0.3, 0.4) is 0 Å². The molecule has 2 atom stereocenters. The Morgan fingerprint density at radius 1 is 0.971 bits per heavy atom. The number of alkyl halides is 6. The van der Waals surface area contributed by atoms with E-state index in [0.29, 0.717) is 6.42 Å². The third kappa shape index (κ3) is 3.96. The van der Waals surface area contributed by atoms with Gasteiger partial charge < -0.3 is 5.73 Å². The van der Waals surface area contributed by atoms with E-state index in [1.807, 2.05) is 0 Å². The Kier molecular flexibility index (Phi) is 5.24. The van der Waals surface area contributed by atoms with Gasteiger partial charge in [0.25, 0.3) is 0 Å². The van der Waals surface area contributed by atoms with Crippen LogP contribution in [0.5, 0.6) is 0 Å². The van der Waals surface area contributed by atoms with Crippen molar-refractivity contribution in [1.82, 2.24) is 24.5 Å². The first-order valence-electron chi connectivity index (χ1n) is 10.4. The van der Waals surface area contributed by atoms with Gasteiger partial charge in [-0.25, -0.2) is 4.98 Å². The minimum absolute atomic E-state index is 0.0368. The molecule has 34 heavy (non-hydrogen) atoms. The molecule has 0 radical (unpaired) electrons. The Morgan fingerprint density at radius 2 is 1.76 bits per heavy atom. The molecule has 4 aromatic rings. The van der Waals surface area contributed by atoms with E-state index in [9.17, 15) is 26.3 Å². The van der Waals surface area contributed by atoms with Gasteiger partial charge in [-0.05, 0) is 30.2 Å². The van der Waals surface area contributed by atoms with Crippen LogP contribution in [0.1, 0.15) is 23.6 Å². The van der Waals surface area contributed by atoms with Gasteiger partial charge in [-0.3, -0.25) is 9.30 Å². The SMILES string of the molecule is NC1CCN([C@H](c2ccc3nnc(-c4ccc5cccc(C(F)(F)F)c5n4)n3c2)C(F)(F)F)C1. The number of benzene rings is 1. The van der Waals surface area contributed by atoms with Crippen molar-refractivity contribution in [3.05, 3.63) is 59.8 Å². The van der Waals surface area contributed by atoms with Crippen molar-refractivity contribution in [3.63, 3.8) is 0 Å². The second-order valence-electron chi connectivity index (χ2n) is 8.27. The summed E-state index contributed by atoms with van der Waals surface area (Å²) in [6.07, 6.45) is -7.47. The molecule has 0 saturated carbocycles. The summed E-state index contributed by atoms with van der Waals surface area (Å²) in [6.45, 7) is 0.300. The zero-order valence-corrected chi connectivity index (χ0v) is 17.5. The molecule has 0 bridgehead atoms. The van der Waals surface area contributed by atoms with E-state index in [2.05, 4.69) is 15.2 Å². The second kappa shape index (κ2) is 7.91. The van der Waals surface area contributed by atoms with E-state index in [-0.39, 0.29) is 52.8 Å². The fourth-order valence-corrected chi connectivity index (χ4v) is 4.40. The van der Waals surface area contributed by atoms with Gasteiger partial charge in [0, 0.05) is 30.7 Å². The highest BCUT2D eigenvalue weighted by molar-refractivity contribution is 5.84. The Bertz CT molecular complexity index is 1360. The number of para-hydroxylation sites is 1. The molecule has 1 aromatic carbocycles. The quantitative estimate of drug-likeness (QED) is 0.434. The zero-order valence-electron chi connectivity index (χ0n) is 17.5. The Labute approximate surface area is 189 Å². The van der Waals surface area contributed by atoms with Crippen molar-refractivity contribution in [1.29, 1.82) is 0 Å². The van der Waals surface area contributed by atoms with Gasteiger partial charge in [0.2, 0.25) is 0 Å². The molecule has 4 heterocycles. The number of hydrogen-bond donors (Lipinski definition) is 1. The highest BCUT2D eigenvalue weighted by Gasteiger charge is 2.46. The number of likely N-dealkylation sites (tertiary alicyclic amines) is 1. The molecular formula is C22H18F6N6. The van der Waals surface area contributed by atoms with Crippen LogP contribution >= 0.6 is 0 Å². The molecule has 0 spiro atoms. The van der Waals surface area contributed by atoms with Crippen molar-refractivity contribution in [2.75, 3.05) is 13.1 Å². The normalized spacial score (nSPS) is 18.7. The molecule has 2 N–H and O–H groups in total. The molecule has 178 valence electrons. The Hall–Kier alpha value is -3.25. The van der Waals surface area contributed by atoms with Gasteiger partial charge in [0.05, 0.1) is 11.1 Å². The second-order valence-corrected chi connectivity index (χ2v) is 8.27. The molecule has 1 unspecified atom stereocenters. The Balaban J connectivity index is 1.63. The molecule has 1 fully saturated rings. The van der Waals surface area contributed by atoms with Crippen LogP contribution in [0.2, 0.25) is 0 Å². The van der Waals surface area contributed by atoms with Crippen LogP contribution < -0.4 is 5.73 Å². The first-order chi connectivity index (χ1) is 16.0. The summed E-state index contributed by atoms with van der Waals surface area (Å²) in [4.78, 5) is 5.43. The maximum absolute atomic E-state index is 14.0. The third-order valence-electron chi connectivity index (χ3n) is 5.93. The molecule has 1 aliphatic rings. The van der Waals surface area contributed by atoms with Crippen molar-refractivity contribution in [3.8, 4) is 11.5 Å². The third-order valence-corrected chi connectivity index (χ3v) is 5.93. The fourth-order valence-electron chi connectivity index (χ4n) is 4.40. The van der Waals surface area contributed by atoms with E-state index >= 15 is 0 Å². The highest BCUT2D eigenvalue weighted by Crippen LogP contribution is 2.40. The predicted octanol–water partition coefficient (Wildman–Crippen LogP) is 4.60. The summed E-state index contributed by atoms with van der Waals surface area (Å²) >= 11 is 0. The average Bonchev–Trinajstić information content (AvgIpc) is 3.37. The lowest BCUT2D eigenvalue weighted by Gasteiger charge is -2.30. The van der Waals surface area contributed by atoms with Gasteiger partial charge in [-0.15, -0.1) is 10.2 Å². The minimum atomic E-state index is -4.62. The largest absolute Gasteiger partial charge is 0.418 e. The van der Waals surface area contributed by atoms with Crippen LogP contribution in [0.4, 0.5) is 26.3 Å². The van der Waals surface area contributed by atoms with Crippen molar-refractivity contribution in [2.45, 2.75) is 30.9 Å². The molecule has 12 heteroatoms. The lowest BCUT2D eigenvalue weighted by molar-refractivity contribution is -0.183. The van der Waals surface area contributed by atoms with Crippen molar-refractivity contribution in [2.24, 2.45) is 5.73 Å². The molecule has 6 nitrogen and oxygen atoms in total. The topological polar surface area (TPSA) is 72.3 Å². The molecule has 3 aromatic heterocycles. The van der Waals surface area contributed by atoms with Crippen molar-refractivity contribution >= 4 is 16.6 Å². The first kappa shape index (κ1) is 22.5. The van der Waals surface area contributed by atoms with Crippen LogP contribution in [0.25, 0.3) is 28.1 Å². The van der Waals surface area contributed by atoms with Gasteiger partial charge >= 0.3 is 12.4 Å². The molecule has 0 aliphatic carbocycles. The number of pyridine rings is 2. The minimum Gasteiger partial charge on any atom is -0.326 e. The van der Waals surface area contributed by atoms with E-state index < -0.39 is 24.0 Å². The van der Waals surface area contributed by atoms with E-state index in [1.165, 1.54) is 51.9 Å². The van der Waals surface area contributed by atoms with Gasteiger partial charge in [-0.2, -0.15) is 26.3 Å². The molecule has 0 amide bonds. The van der Waals surface area contributed by atoms with Gasteiger partial charge in [-0.1, -0.05) is 24.3 Å². The van der Waals surface area contributed by atoms with Crippen molar-refractivity contribution < 1.29 is 26.3 Å². The summed E-state index contributed by atoms with van der Waals surface area (Å²) in [5.41, 5.74) is 4.88. The number of nitrogens with zero attached hydrogens (tertiary/aromatic N) is 5. The summed E-state index contributed by atoms with van der Waals surface area (Å²) < 4.78 is 83.8.